The van der Waals surface area contributed by atoms with Crippen molar-refractivity contribution < 1.29 is 28.9 Å². The molecule has 0 radical (unpaired) electrons. The van der Waals surface area contributed by atoms with Crippen molar-refractivity contribution >= 4 is 11.9 Å². The highest BCUT2D eigenvalue weighted by atomic mass is 16.6. The predicted molar refractivity (Wildman–Crippen MR) is 96.2 cm³/mol. The lowest BCUT2D eigenvalue weighted by molar-refractivity contribution is -0.158. The molecule has 0 aliphatic carbocycles. The van der Waals surface area contributed by atoms with Crippen LogP contribution in [0.4, 0.5) is 0 Å². The van der Waals surface area contributed by atoms with Gasteiger partial charge < -0.3 is 19.3 Å². The van der Waals surface area contributed by atoms with E-state index in [-0.39, 0.29) is 25.2 Å². The van der Waals surface area contributed by atoms with E-state index in [9.17, 15) is 14.7 Å². The first-order valence-corrected chi connectivity index (χ1v) is 9.42. The van der Waals surface area contributed by atoms with E-state index in [4.69, 9.17) is 14.2 Å². The van der Waals surface area contributed by atoms with Gasteiger partial charge in [0.15, 0.2) is 0 Å². The molecular formula is C19H36O6. The zero-order chi connectivity index (χ0) is 19.1. The van der Waals surface area contributed by atoms with Gasteiger partial charge in [-0.25, -0.2) is 0 Å². The first-order chi connectivity index (χ1) is 11.8. The van der Waals surface area contributed by atoms with Crippen LogP contribution < -0.4 is 0 Å². The van der Waals surface area contributed by atoms with Crippen LogP contribution in [0.3, 0.4) is 0 Å². The molecular weight excluding hydrogens is 324 g/mol. The number of aliphatic hydroxyl groups is 1. The van der Waals surface area contributed by atoms with Gasteiger partial charge in [-0.2, -0.15) is 0 Å². The third kappa shape index (κ3) is 12.8. The minimum absolute atomic E-state index is 0.0497. The third-order valence-electron chi connectivity index (χ3n) is 4.08. The van der Waals surface area contributed by atoms with Gasteiger partial charge in [0.05, 0.1) is 18.6 Å². The minimum Gasteiger partial charge on any atom is -0.466 e. The van der Waals surface area contributed by atoms with E-state index in [0.717, 1.165) is 32.1 Å². The van der Waals surface area contributed by atoms with Crippen LogP contribution in [0.5, 0.6) is 0 Å². The Morgan fingerprint density at radius 1 is 0.960 bits per heavy atom. The number of ether oxygens (including phenoxy) is 3. The monoisotopic (exact) mass is 360 g/mol. The van der Waals surface area contributed by atoms with Crippen molar-refractivity contribution in [3.8, 4) is 0 Å². The normalized spacial score (nSPS) is 12.7. The molecule has 25 heavy (non-hydrogen) atoms. The second kappa shape index (κ2) is 14.1. The molecule has 0 aliphatic rings. The van der Waals surface area contributed by atoms with Gasteiger partial charge in [0.1, 0.15) is 12.7 Å². The van der Waals surface area contributed by atoms with Gasteiger partial charge >= 0.3 is 11.9 Å². The maximum absolute atomic E-state index is 11.8. The molecule has 1 N–H and O–H groups in total. The van der Waals surface area contributed by atoms with Crippen LogP contribution in [0.25, 0.3) is 0 Å². The fourth-order valence-electron chi connectivity index (χ4n) is 1.83. The minimum atomic E-state index is -0.815. The molecule has 0 aromatic rings. The Labute approximate surface area is 152 Å². The summed E-state index contributed by atoms with van der Waals surface area (Å²) in [6, 6.07) is 0. The van der Waals surface area contributed by atoms with Crippen molar-refractivity contribution in [1.82, 2.24) is 0 Å². The van der Waals surface area contributed by atoms with Crippen molar-refractivity contribution in [2.45, 2.75) is 78.7 Å². The summed E-state index contributed by atoms with van der Waals surface area (Å²) in [7, 11) is 0. The zero-order valence-corrected chi connectivity index (χ0v) is 16.3. The Kier molecular flexibility index (Phi) is 13.4. The molecule has 0 heterocycles. The Morgan fingerprint density at radius 3 is 2.32 bits per heavy atom. The number of hydrogen-bond donors (Lipinski definition) is 1. The Balaban J connectivity index is 3.53. The molecule has 0 amide bonds. The maximum atomic E-state index is 11.8. The van der Waals surface area contributed by atoms with Crippen LogP contribution in [-0.4, -0.2) is 49.6 Å². The highest BCUT2D eigenvalue weighted by Gasteiger charge is 2.27. The van der Waals surface area contributed by atoms with E-state index in [1.54, 1.807) is 0 Å². The zero-order valence-electron chi connectivity index (χ0n) is 16.3. The number of unbranched alkanes of at least 4 members (excludes halogenated alkanes) is 3. The van der Waals surface area contributed by atoms with E-state index >= 15 is 0 Å². The predicted octanol–water partition coefficient (Wildman–Crippen LogP) is 3.25. The first kappa shape index (κ1) is 23.9. The summed E-state index contributed by atoms with van der Waals surface area (Å²) in [6.45, 7) is 8.72. The lowest BCUT2D eigenvalue weighted by Crippen LogP contribution is -2.30. The molecule has 0 rings (SSSR count). The third-order valence-corrected chi connectivity index (χ3v) is 4.08. The average molecular weight is 360 g/mol. The number of rotatable bonds is 15. The van der Waals surface area contributed by atoms with E-state index in [0.29, 0.717) is 26.1 Å². The number of hydrogen-bond acceptors (Lipinski definition) is 6. The van der Waals surface area contributed by atoms with Crippen molar-refractivity contribution in [2.75, 3.05) is 26.4 Å². The van der Waals surface area contributed by atoms with Gasteiger partial charge in [-0.3, -0.25) is 9.59 Å². The molecule has 1 unspecified atom stereocenters. The second-order valence-corrected chi connectivity index (χ2v) is 6.95. The summed E-state index contributed by atoms with van der Waals surface area (Å²) in [4.78, 5) is 23.2. The second-order valence-electron chi connectivity index (χ2n) is 6.95. The smallest absolute Gasteiger partial charge is 0.311 e. The number of carbonyl (C=O) groups is 2. The van der Waals surface area contributed by atoms with E-state index < -0.39 is 11.5 Å². The Morgan fingerprint density at radius 2 is 1.68 bits per heavy atom. The molecule has 0 aliphatic heterocycles. The first-order valence-electron chi connectivity index (χ1n) is 9.42. The number of esters is 2. The van der Waals surface area contributed by atoms with Gasteiger partial charge in [0.25, 0.3) is 0 Å². The number of carbonyl (C=O) groups excluding carboxylic acids is 2. The topological polar surface area (TPSA) is 82.1 Å². The van der Waals surface area contributed by atoms with Gasteiger partial charge in [-0.05, 0) is 39.5 Å². The molecule has 1 atom stereocenters. The molecule has 0 aromatic carbocycles. The molecule has 0 aromatic heterocycles. The largest absolute Gasteiger partial charge is 0.466 e. The molecule has 148 valence electrons. The molecule has 0 spiro atoms. The van der Waals surface area contributed by atoms with Crippen LogP contribution in [0.1, 0.15) is 72.6 Å². The van der Waals surface area contributed by atoms with Crippen molar-refractivity contribution in [3.05, 3.63) is 0 Å². The highest BCUT2D eigenvalue weighted by Crippen LogP contribution is 2.21. The summed E-state index contributed by atoms with van der Waals surface area (Å²) >= 11 is 0. The summed E-state index contributed by atoms with van der Waals surface area (Å²) < 4.78 is 15.5. The van der Waals surface area contributed by atoms with Crippen molar-refractivity contribution in [3.63, 3.8) is 0 Å². The summed E-state index contributed by atoms with van der Waals surface area (Å²) in [5, 5.41) is 9.75. The fraction of sp³-hybridized carbons (Fsp3) is 0.895. The molecule has 0 saturated carbocycles. The standard InChI is InChI=1S/C19H36O6/c1-5-7-13-24-17(21)11-9-8-10-12-23-14-16(20)15-25-18(22)19(3,4)6-2/h16,20H,5-15H2,1-4H3. The molecule has 0 saturated heterocycles. The van der Waals surface area contributed by atoms with Crippen LogP contribution in [0, 0.1) is 5.41 Å². The maximum Gasteiger partial charge on any atom is 0.311 e. The summed E-state index contributed by atoms with van der Waals surface area (Å²) in [5.41, 5.74) is -0.529. The highest BCUT2D eigenvalue weighted by molar-refractivity contribution is 5.75. The fourth-order valence-corrected chi connectivity index (χ4v) is 1.83. The van der Waals surface area contributed by atoms with Crippen LogP contribution >= 0.6 is 0 Å². The van der Waals surface area contributed by atoms with Crippen molar-refractivity contribution in [2.24, 2.45) is 5.41 Å². The van der Waals surface area contributed by atoms with Gasteiger partial charge in [0, 0.05) is 13.0 Å². The lowest BCUT2D eigenvalue weighted by atomic mass is 9.91. The van der Waals surface area contributed by atoms with Gasteiger partial charge in [-0.15, -0.1) is 0 Å². The average Bonchev–Trinajstić information content (AvgIpc) is 2.58. The van der Waals surface area contributed by atoms with Crippen molar-refractivity contribution in [1.29, 1.82) is 0 Å². The van der Waals surface area contributed by atoms with Crippen LogP contribution in [0.2, 0.25) is 0 Å². The molecule has 0 bridgehead atoms. The summed E-state index contributed by atoms with van der Waals surface area (Å²) in [6.07, 6.45) is 4.71. The number of aliphatic hydroxyl groups excluding tert-OH is 1. The molecule has 6 heteroatoms. The molecule has 0 fully saturated rings. The Bertz CT molecular complexity index is 367. The SMILES string of the molecule is CCCCOC(=O)CCCCCOCC(O)COC(=O)C(C)(C)CC. The van der Waals surface area contributed by atoms with Crippen LogP contribution in [0.15, 0.2) is 0 Å². The Hall–Kier alpha value is -1.14. The van der Waals surface area contributed by atoms with E-state index in [1.165, 1.54) is 0 Å². The van der Waals surface area contributed by atoms with E-state index in [1.807, 2.05) is 20.8 Å². The van der Waals surface area contributed by atoms with E-state index in [2.05, 4.69) is 6.92 Å². The van der Waals surface area contributed by atoms with Crippen LogP contribution in [-0.2, 0) is 23.8 Å². The van der Waals surface area contributed by atoms with Gasteiger partial charge in [-0.1, -0.05) is 26.7 Å². The van der Waals surface area contributed by atoms with Gasteiger partial charge in [0.2, 0.25) is 0 Å². The summed E-state index contributed by atoms with van der Waals surface area (Å²) in [5.74, 6) is -0.443. The quantitative estimate of drug-likeness (QED) is 0.357. The lowest BCUT2D eigenvalue weighted by Gasteiger charge is -2.21. The molecule has 6 nitrogen and oxygen atoms in total.